The number of ether oxygens (including phenoxy) is 1. The number of benzene rings is 1. The molecular weight excluding hydrogens is 316 g/mol. The number of rotatable bonds is 7. The minimum Gasteiger partial charge on any atom is -0.497 e. The Morgan fingerprint density at radius 3 is 2.76 bits per heavy atom. The number of nitrogens with zero attached hydrogens (tertiary/aromatic N) is 1. The summed E-state index contributed by atoms with van der Waals surface area (Å²) in [6.45, 7) is 9.13. The van der Waals surface area contributed by atoms with Crippen LogP contribution in [-0.4, -0.2) is 24.5 Å². The fourth-order valence-corrected chi connectivity index (χ4v) is 2.53. The van der Waals surface area contributed by atoms with Gasteiger partial charge in [-0.15, -0.1) is 0 Å². The van der Waals surface area contributed by atoms with Gasteiger partial charge in [-0.1, -0.05) is 26.8 Å². The van der Waals surface area contributed by atoms with Crippen molar-refractivity contribution in [2.24, 2.45) is 5.41 Å². The van der Waals surface area contributed by atoms with Crippen LogP contribution < -0.4 is 10.1 Å². The van der Waals surface area contributed by atoms with E-state index in [4.69, 9.17) is 9.15 Å². The Morgan fingerprint density at radius 1 is 1.32 bits per heavy atom. The van der Waals surface area contributed by atoms with Crippen LogP contribution >= 0.6 is 0 Å². The SMILES string of the molecule is COc1cccc(-c2nc(CC(=O)NCCCC(C)(C)C)c(C)o2)c1. The lowest BCUT2D eigenvalue weighted by Crippen LogP contribution is -2.27. The number of hydrogen-bond acceptors (Lipinski definition) is 4. The maximum Gasteiger partial charge on any atom is 0.226 e. The zero-order chi connectivity index (χ0) is 18.4. The lowest BCUT2D eigenvalue weighted by Gasteiger charge is -2.17. The van der Waals surface area contributed by atoms with Gasteiger partial charge in [-0.2, -0.15) is 0 Å². The molecule has 0 aliphatic rings. The smallest absolute Gasteiger partial charge is 0.226 e. The number of amides is 1. The number of hydrogen-bond donors (Lipinski definition) is 1. The van der Waals surface area contributed by atoms with E-state index < -0.39 is 0 Å². The lowest BCUT2D eigenvalue weighted by molar-refractivity contribution is -0.120. The van der Waals surface area contributed by atoms with Crippen molar-refractivity contribution in [2.75, 3.05) is 13.7 Å². The predicted molar refractivity (Wildman–Crippen MR) is 98.6 cm³/mol. The van der Waals surface area contributed by atoms with Crippen molar-refractivity contribution in [3.05, 3.63) is 35.7 Å². The van der Waals surface area contributed by atoms with Crippen molar-refractivity contribution in [3.63, 3.8) is 0 Å². The molecule has 5 heteroatoms. The first-order chi connectivity index (χ1) is 11.8. The van der Waals surface area contributed by atoms with Crippen molar-refractivity contribution in [1.82, 2.24) is 10.3 Å². The molecule has 0 saturated heterocycles. The van der Waals surface area contributed by atoms with Crippen LogP contribution in [0.4, 0.5) is 0 Å². The molecule has 0 aliphatic heterocycles. The number of methoxy groups -OCH3 is 1. The summed E-state index contributed by atoms with van der Waals surface area (Å²) in [6, 6.07) is 7.52. The van der Waals surface area contributed by atoms with Gasteiger partial charge in [-0.05, 0) is 43.4 Å². The van der Waals surface area contributed by atoms with Crippen molar-refractivity contribution in [1.29, 1.82) is 0 Å². The van der Waals surface area contributed by atoms with Crippen LogP contribution in [0.1, 0.15) is 45.1 Å². The Morgan fingerprint density at radius 2 is 2.08 bits per heavy atom. The number of oxazole rings is 1. The Hall–Kier alpha value is -2.30. The van der Waals surface area contributed by atoms with Gasteiger partial charge >= 0.3 is 0 Å². The van der Waals surface area contributed by atoms with Gasteiger partial charge in [0.05, 0.1) is 19.2 Å². The summed E-state index contributed by atoms with van der Waals surface area (Å²) in [6.07, 6.45) is 2.28. The lowest BCUT2D eigenvalue weighted by atomic mass is 9.91. The molecule has 2 rings (SSSR count). The molecule has 0 aliphatic carbocycles. The second kappa shape index (κ2) is 8.19. The number of aromatic nitrogens is 1. The molecule has 1 N–H and O–H groups in total. The summed E-state index contributed by atoms with van der Waals surface area (Å²) in [7, 11) is 1.62. The molecule has 1 heterocycles. The first-order valence-corrected chi connectivity index (χ1v) is 8.66. The molecular formula is C20H28N2O3. The maximum absolute atomic E-state index is 12.1. The molecule has 0 spiro atoms. The minimum absolute atomic E-state index is 0.0255. The van der Waals surface area contributed by atoms with Crippen LogP contribution in [0.5, 0.6) is 5.75 Å². The van der Waals surface area contributed by atoms with Gasteiger partial charge in [0.2, 0.25) is 11.8 Å². The number of aryl methyl sites for hydroxylation is 1. The van der Waals surface area contributed by atoms with E-state index in [0.29, 0.717) is 29.3 Å². The van der Waals surface area contributed by atoms with Crippen LogP contribution in [0.25, 0.3) is 11.5 Å². The number of carbonyl (C=O) groups is 1. The van der Waals surface area contributed by atoms with Crippen LogP contribution in [0, 0.1) is 12.3 Å². The summed E-state index contributed by atoms with van der Waals surface area (Å²) >= 11 is 0. The van der Waals surface area contributed by atoms with Gasteiger partial charge in [0.1, 0.15) is 11.5 Å². The Bertz CT molecular complexity index is 714. The van der Waals surface area contributed by atoms with Gasteiger partial charge in [-0.3, -0.25) is 4.79 Å². The van der Waals surface area contributed by atoms with Crippen LogP contribution in [0.3, 0.4) is 0 Å². The Kier molecular flexibility index (Phi) is 6.23. The Labute approximate surface area is 149 Å². The predicted octanol–water partition coefficient (Wildman–Crippen LogP) is 4.14. The molecule has 136 valence electrons. The molecule has 0 atom stereocenters. The fraction of sp³-hybridized carbons (Fsp3) is 0.500. The number of nitrogens with one attached hydrogen (secondary N) is 1. The van der Waals surface area contributed by atoms with Gasteiger partial charge in [0.25, 0.3) is 0 Å². The molecule has 0 saturated carbocycles. The van der Waals surface area contributed by atoms with Gasteiger partial charge < -0.3 is 14.5 Å². The van der Waals surface area contributed by atoms with Crippen molar-refractivity contribution < 1.29 is 13.9 Å². The highest BCUT2D eigenvalue weighted by Crippen LogP contribution is 2.25. The normalized spacial score (nSPS) is 11.4. The van der Waals surface area contributed by atoms with E-state index in [1.807, 2.05) is 31.2 Å². The molecule has 1 aromatic carbocycles. The summed E-state index contributed by atoms with van der Waals surface area (Å²) in [4.78, 5) is 16.6. The molecule has 1 aromatic heterocycles. The van der Waals surface area contributed by atoms with E-state index in [9.17, 15) is 4.79 Å². The van der Waals surface area contributed by atoms with E-state index in [0.717, 1.165) is 24.2 Å². The third-order valence-electron chi connectivity index (χ3n) is 3.96. The highest BCUT2D eigenvalue weighted by Gasteiger charge is 2.15. The maximum atomic E-state index is 12.1. The topological polar surface area (TPSA) is 64.4 Å². The zero-order valence-corrected chi connectivity index (χ0v) is 15.8. The first kappa shape index (κ1) is 19.0. The largest absolute Gasteiger partial charge is 0.497 e. The second-order valence-corrected chi connectivity index (χ2v) is 7.44. The quantitative estimate of drug-likeness (QED) is 0.767. The standard InChI is InChI=1S/C20H28N2O3/c1-14-17(13-18(23)21-11-7-10-20(2,3)4)22-19(25-14)15-8-6-9-16(12-15)24-5/h6,8-9,12H,7,10-11,13H2,1-5H3,(H,21,23). The van der Waals surface area contributed by atoms with Crippen molar-refractivity contribution in [3.8, 4) is 17.2 Å². The van der Waals surface area contributed by atoms with Crippen molar-refractivity contribution in [2.45, 2.75) is 47.0 Å². The third kappa shape index (κ3) is 5.93. The van der Waals surface area contributed by atoms with E-state index >= 15 is 0 Å². The zero-order valence-electron chi connectivity index (χ0n) is 15.8. The highest BCUT2D eigenvalue weighted by atomic mass is 16.5. The fourth-order valence-electron chi connectivity index (χ4n) is 2.53. The molecule has 2 aromatic rings. The molecule has 0 fully saturated rings. The third-order valence-corrected chi connectivity index (χ3v) is 3.96. The van der Waals surface area contributed by atoms with E-state index in [1.54, 1.807) is 7.11 Å². The van der Waals surface area contributed by atoms with Crippen LogP contribution in [0.2, 0.25) is 0 Å². The number of carbonyl (C=O) groups excluding carboxylic acids is 1. The molecule has 0 bridgehead atoms. The second-order valence-electron chi connectivity index (χ2n) is 7.44. The molecule has 5 nitrogen and oxygen atoms in total. The highest BCUT2D eigenvalue weighted by molar-refractivity contribution is 5.78. The van der Waals surface area contributed by atoms with Crippen molar-refractivity contribution >= 4 is 5.91 Å². The summed E-state index contributed by atoms with van der Waals surface area (Å²) in [5.41, 5.74) is 1.80. The molecule has 25 heavy (non-hydrogen) atoms. The van der Waals surface area contributed by atoms with Crippen LogP contribution in [0.15, 0.2) is 28.7 Å². The van der Waals surface area contributed by atoms with Gasteiger partial charge in [-0.25, -0.2) is 4.98 Å². The average Bonchev–Trinajstić information content (AvgIpc) is 2.92. The van der Waals surface area contributed by atoms with E-state index in [2.05, 4.69) is 31.1 Å². The summed E-state index contributed by atoms with van der Waals surface area (Å²) in [5, 5.41) is 2.96. The molecule has 0 radical (unpaired) electrons. The molecule has 1 amide bonds. The van der Waals surface area contributed by atoms with E-state index in [-0.39, 0.29) is 12.3 Å². The molecule has 0 unspecified atom stereocenters. The van der Waals surface area contributed by atoms with Crippen LogP contribution in [-0.2, 0) is 11.2 Å². The van der Waals surface area contributed by atoms with Gasteiger partial charge in [0.15, 0.2) is 0 Å². The van der Waals surface area contributed by atoms with E-state index in [1.165, 1.54) is 0 Å². The first-order valence-electron chi connectivity index (χ1n) is 8.66. The average molecular weight is 344 g/mol. The summed E-state index contributed by atoms with van der Waals surface area (Å²) in [5.74, 6) is 1.89. The monoisotopic (exact) mass is 344 g/mol. The minimum atomic E-state index is -0.0255. The Balaban J connectivity index is 1.94. The van der Waals surface area contributed by atoms with Gasteiger partial charge in [0, 0.05) is 12.1 Å². The summed E-state index contributed by atoms with van der Waals surface area (Å²) < 4.78 is 10.9.